The molecule has 4 nitrogen and oxygen atoms in total. The molecule has 1 aromatic carbocycles. The number of nitrogens with zero attached hydrogens (tertiary/aromatic N) is 1. The van der Waals surface area contributed by atoms with Crippen LogP contribution in [0.2, 0.25) is 0 Å². The Balaban J connectivity index is 1.40. The predicted octanol–water partition coefficient (Wildman–Crippen LogP) is 4.16. The zero-order chi connectivity index (χ0) is 18.7. The van der Waals surface area contributed by atoms with Crippen LogP contribution < -0.4 is 5.32 Å². The highest BCUT2D eigenvalue weighted by Gasteiger charge is 2.42. The van der Waals surface area contributed by atoms with E-state index in [2.05, 4.69) is 10.2 Å². The number of likely N-dealkylation sites (tertiary alicyclic amines) is 1. The molecule has 2 amide bonds. The van der Waals surface area contributed by atoms with Crippen LogP contribution in [0.1, 0.15) is 74.6 Å². The summed E-state index contributed by atoms with van der Waals surface area (Å²) >= 11 is 0. The van der Waals surface area contributed by atoms with Crippen molar-refractivity contribution in [3.05, 3.63) is 35.9 Å². The number of nitrogens with one attached hydrogen (secondary N) is 1. The maximum Gasteiger partial charge on any atom is 0.251 e. The summed E-state index contributed by atoms with van der Waals surface area (Å²) in [4.78, 5) is 27.8. The number of rotatable bonds is 5. The minimum Gasteiger partial charge on any atom is -0.346 e. The average Bonchev–Trinajstić information content (AvgIpc) is 3.53. The Hall–Kier alpha value is -1.84. The van der Waals surface area contributed by atoms with Gasteiger partial charge in [0.05, 0.1) is 0 Å². The Labute approximate surface area is 162 Å². The van der Waals surface area contributed by atoms with Gasteiger partial charge in [-0.1, -0.05) is 50.3 Å². The minimum atomic E-state index is -0.141. The van der Waals surface area contributed by atoms with Gasteiger partial charge >= 0.3 is 0 Å². The van der Waals surface area contributed by atoms with E-state index < -0.39 is 0 Å². The van der Waals surface area contributed by atoms with Gasteiger partial charge in [0.15, 0.2) is 0 Å². The normalized spacial score (nSPS) is 23.0. The van der Waals surface area contributed by atoms with Crippen molar-refractivity contribution in [2.75, 3.05) is 13.1 Å². The maximum absolute atomic E-state index is 12.9. The SMILES string of the molecule is O=C(NC1(CC2CC2)CCN(C(=O)C2CCCCC2)CC1)c1ccccc1. The number of benzene rings is 1. The van der Waals surface area contributed by atoms with Gasteiger partial charge in [-0.3, -0.25) is 9.59 Å². The van der Waals surface area contributed by atoms with Crippen molar-refractivity contribution in [2.45, 2.75) is 69.7 Å². The summed E-state index contributed by atoms with van der Waals surface area (Å²) in [5.74, 6) is 1.39. The molecule has 3 aliphatic rings. The van der Waals surface area contributed by atoms with Gasteiger partial charge in [-0.15, -0.1) is 0 Å². The molecule has 1 heterocycles. The first kappa shape index (κ1) is 18.5. The third-order valence-electron chi connectivity index (χ3n) is 6.78. The average molecular weight is 369 g/mol. The molecular weight excluding hydrogens is 336 g/mol. The van der Waals surface area contributed by atoms with Gasteiger partial charge in [0, 0.05) is 30.1 Å². The van der Waals surface area contributed by atoms with Crippen molar-refractivity contribution in [3.63, 3.8) is 0 Å². The summed E-state index contributed by atoms with van der Waals surface area (Å²) in [6, 6.07) is 9.51. The largest absolute Gasteiger partial charge is 0.346 e. The molecule has 1 N–H and O–H groups in total. The van der Waals surface area contributed by atoms with E-state index in [0.717, 1.165) is 56.7 Å². The fourth-order valence-corrected chi connectivity index (χ4v) is 4.92. The lowest BCUT2D eigenvalue weighted by molar-refractivity contribution is -0.138. The molecule has 0 aromatic heterocycles. The topological polar surface area (TPSA) is 49.4 Å². The Kier molecular flexibility index (Phi) is 5.51. The molecule has 1 aliphatic heterocycles. The summed E-state index contributed by atoms with van der Waals surface area (Å²) in [5, 5.41) is 3.38. The van der Waals surface area contributed by atoms with Gasteiger partial charge in [-0.05, 0) is 50.2 Å². The first-order valence-electron chi connectivity index (χ1n) is 10.8. The van der Waals surface area contributed by atoms with Gasteiger partial charge < -0.3 is 10.2 Å². The van der Waals surface area contributed by atoms with E-state index >= 15 is 0 Å². The Morgan fingerprint density at radius 2 is 1.63 bits per heavy atom. The van der Waals surface area contributed by atoms with Crippen molar-refractivity contribution in [1.29, 1.82) is 0 Å². The van der Waals surface area contributed by atoms with Crippen LogP contribution in [0.4, 0.5) is 0 Å². The molecule has 27 heavy (non-hydrogen) atoms. The van der Waals surface area contributed by atoms with Crippen molar-refractivity contribution in [2.24, 2.45) is 11.8 Å². The zero-order valence-electron chi connectivity index (χ0n) is 16.3. The van der Waals surface area contributed by atoms with Gasteiger partial charge in [0.25, 0.3) is 5.91 Å². The molecule has 0 atom stereocenters. The molecule has 0 unspecified atom stereocenters. The van der Waals surface area contributed by atoms with Gasteiger partial charge in [0.1, 0.15) is 0 Å². The first-order chi connectivity index (χ1) is 13.2. The molecule has 0 bridgehead atoms. The molecule has 2 saturated carbocycles. The van der Waals surface area contributed by atoms with E-state index in [0.29, 0.717) is 5.91 Å². The number of hydrogen-bond donors (Lipinski definition) is 1. The van der Waals surface area contributed by atoms with Crippen LogP contribution in [-0.2, 0) is 4.79 Å². The summed E-state index contributed by atoms with van der Waals surface area (Å²) in [6.07, 6.45) is 11.2. The zero-order valence-corrected chi connectivity index (χ0v) is 16.3. The Morgan fingerprint density at radius 3 is 2.26 bits per heavy atom. The van der Waals surface area contributed by atoms with E-state index in [1.54, 1.807) is 0 Å². The quantitative estimate of drug-likeness (QED) is 0.848. The highest BCUT2D eigenvalue weighted by molar-refractivity contribution is 5.94. The fraction of sp³-hybridized carbons (Fsp3) is 0.652. The lowest BCUT2D eigenvalue weighted by Crippen LogP contribution is -2.57. The van der Waals surface area contributed by atoms with E-state index in [4.69, 9.17) is 0 Å². The van der Waals surface area contributed by atoms with Gasteiger partial charge in [0.2, 0.25) is 5.91 Å². The highest BCUT2D eigenvalue weighted by atomic mass is 16.2. The molecule has 146 valence electrons. The second-order valence-electron chi connectivity index (χ2n) is 8.91. The third-order valence-corrected chi connectivity index (χ3v) is 6.78. The second kappa shape index (κ2) is 8.04. The van der Waals surface area contributed by atoms with Crippen LogP contribution in [0, 0.1) is 11.8 Å². The van der Waals surface area contributed by atoms with Crippen molar-refractivity contribution in [1.82, 2.24) is 10.2 Å². The van der Waals surface area contributed by atoms with Crippen LogP contribution in [0.5, 0.6) is 0 Å². The summed E-state index contributed by atoms with van der Waals surface area (Å²) in [5.41, 5.74) is 0.589. The summed E-state index contributed by atoms with van der Waals surface area (Å²) in [6.45, 7) is 1.58. The molecule has 4 rings (SSSR count). The van der Waals surface area contributed by atoms with Crippen LogP contribution in [-0.4, -0.2) is 35.3 Å². The fourth-order valence-electron chi connectivity index (χ4n) is 4.92. The molecule has 0 spiro atoms. The number of hydrogen-bond acceptors (Lipinski definition) is 2. The summed E-state index contributed by atoms with van der Waals surface area (Å²) in [7, 11) is 0. The van der Waals surface area contributed by atoms with Crippen LogP contribution in [0.25, 0.3) is 0 Å². The third kappa shape index (κ3) is 4.53. The van der Waals surface area contributed by atoms with Crippen molar-refractivity contribution in [3.8, 4) is 0 Å². The van der Waals surface area contributed by atoms with Gasteiger partial charge in [-0.2, -0.15) is 0 Å². The molecule has 2 aliphatic carbocycles. The van der Waals surface area contributed by atoms with Crippen molar-refractivity contribution < 1.29 is 9.59 Å². The lowest BCUT2D eigenvalue weighted by Gasteiger charge is -2.43. The number of piperidine rings is 1. The first-order valence-corrected chi connectivity index (χ1v) is 10.8. The van der Waals surface area contributed by atoms with Gasteiger partial charge in [-0.25, -0.2) is 0 Å². The van der Waals surface area contributed by atoms with Crippen LogP contribution in [0.3, 0.4) is 0 Å². The van der Waals surface area contributed by atoms with E-state index in [-0.39, 0.29) is 17.4 Å². The standard InChI is InChI=1S/C23H32N2O2/c26-21(19-7-3-1-4-8-19)24-23(17-18-11-12-18)13-15-25(16-14-23)22(27)20-9-5-2-6-10-20/h1,3-4,7-8,18,20H,2,5-6,9-17H2,(H,24,26). The Bertz CT molecular complexity index is 654. The molecule has 0 radical (unpaired) electrons. The van der Waals surface area contributed by atoms with Crippen molar-refractivity contribution >= 4 is 11.8 Å². The Morgan fingerprint density at radius 1 is 0.963 bits per heavy atom. The predicted molar refractivity (Wildman–Crippen MR) is 106 cm³/mol. The number of carbonyl (C=O) groups is 2. The monoisotopic (exact) mass is 368 g/mol. The van der Waals surface area contributed by atoms with E-state index in [9.17, 15) is 9.59 Å². The molecule has 3 fully saturated rings. The lowest BCUT2D eigenvalue weighted by atomic mass is 9.81. The minimum absolute atomic E-state index is 0.0308. The highest BCUT2D eigenvalue weighted by Crippen LogP contribution is 2.41. The van der Waals surface area contributed by atoms with Crippen LogP contribution in [0.15, 0.2) is 30.3 Å². The maximum atomic E-state index is 12.9. The van der Waals surface area contributed by atoms with E-state index in [1.165, 1.54) is 32.1 Å². The molecule has 4 heteroatoms. The smallest absolute Gasteiger partial charge is 0.251 e. The molecular formula is C23H32N2O2. The number of amides is 2. The molecule has 1 aromatic rings. The molecule has 1 saturated heterocycles. The second-order valence-corrected chi connectivity index (χ2v) is 8.91. The summed E-state index contributed by atoms with van der Waals surface area (Å²) < 4.78 is 0. The van der Waals surface area contributed by atoms with Crippen LogP contribution >= 0.6 is 0 Å². The van der Waals surface area contributed by atoms with E-state index in [1.807, 2.05) is 30.3 Å². The number of carbonyl (C=O) groups excluding carboxylic acids is 2.